The van der Waals surface area contributed by atoms with Crippen molar-refractivity contribution in [2.45, 2.75) is 13.3 Å². The van der Waals surface area contributed by atoms with E-state index in [1.165, 1.54) is 0 Å². The summed E-state index contributed by atoms with van der Waals surface area (Å²) in [6.07, 6.45) is 0.627. The molecule has 0 aliphatic rings. The zero-order chi connectivity index (χ0) is 19.1. The number of rotatable bonds is 7. The van der Waals surface area contributed by atoms with Crippen LogP contribution in [-0.2, 0) is 6.42 Å². The second kappa shape index (κ2) is 8.85. The molecule has 2 aromatic carbocycles. The summed E-state index contributed by atoms with van der Waals surface area (Å²) in [6, 6.07) is 20.6. The Hall–Kier alpha value is -3.34. The van der Waals surface area contributed by atoms with E-state index in [2.05, 4.69) is 10.3 Å². The Bertz CT molecular complexity index is 965. The minimum Gasteiger partial charge on any atom is -0.494 e. The van der Waals surface area contributed by atoms with E-state index in [1.807, 2.05) is 61.5 Å². The Balaban J connectivity index is 1.64. The number of benzene rings is 2. The van der Waals surface area contributed by atoms with Gasteiger partial charge in [-0.3, -0.25) is 9.59 Å². The minimum atomic E-state index is -0.399. The number of ether oxygens (including phenoxy) is 1. The molecule has 1 heterocycles. The highest BCUT2D eigenvalue weighted by Gasteiger charge is 2.11. The van der Waals surface area contributed by atoms with Crippen LogP contribution in [0.3, 0.4) is 0 Å². The third kappa shape index (κ3) is 4.64. The standard InChI is InChI=1S/C22H22N2O3/c1-2-27-20-11-7-6-10-17(20)14-15-23-21(25)18-12-13-19(24-22(18)26)16-8-4-3-5-9-16/h3-13H,2,14-15H2,1H3,(H,23,25)(H,24,26). The summed E-state index contributed by atoms with van der Waals surface area (Å²) in [5, 5.41) is 2.80. The number of pyridine rings is 1. The second-order valence-corrected chi connectivity index (χ2v) is 6.03. The van der Waals surface area contributed by atoms with Gasteiger partial charge < -0.3 is 15.0 Å². The molecule has 5 nitrogen and oxygen atoms in total. The molecule has 27 heavy (non-hydrogen) atoms. The summed E-state index contributed by atoms with van der Waals surface area (Å²) in [5.41, 5.74) is 2.31. The maximum Gasteiger partial charge on any atom is 0.261 e. The molecule has 0 bridgehead atoms. The first kappa shape index (κ1) is 18.5. The number of hydrogen-bond acceptors (Lipinski definition) is 3. The average molecular weight is 362 g/mol. The van der Waals surface area contributed by atoms with Crippen molar-refractivity contribution in [1.82, 2.24) is 10.3 Å². The number of aromatic nitrogens is 1. The average Bonchev–Trinajstić information content (AvgIpc) is 2.70. The minimum absolute atomic E-state index is 0.104. The van der Waals surface area contributed by atoms with Crippen molar-refractivity contribution in [3.63, 3.8) is 0 Å². The van der Waals surface area contributed by atoms with Crippen molar-refractivity contribution in [1.29, 1.82) is 0 Å². The highest BCUT2D eigenvalue weighted by atomic mass is 16.5. The van der Waals surface area contributed by atoms with Gasteiger partial charge in [0.1, 0.15) is 11.3 Å². The van der Waals surface area contributed by atoms with Crippen LogP contribution in [0.15, 0.2) is 71.5 Å². The fraction of sp³-hybridized carbons (Fsp3) is 0.182. The van der Waals surface area contributed by atoms with Crippen molar-refractivity contribution in [2.75, 3.05) is 13.2 Å². The normalized spacial score (nSPS) is 10.4. The summed E-state index contributed by atoms with van der Waals surface area (Å²) in [5.74, 6) is 0.434. The number of hydrogen-bond donors (Lipinski definition) is 2. The van der Waals surface area contributed by atoms with E-state index >= 15 is 0 Å². The summed E-state index contributed by atoms with van der Waals surface area (Å²) in [6.45, 7) is 2.94. The molecule has 0 atom stereocenters. The highest BCUT2D eigenvalue weighted by Crippen LogP contribution is 2.18. The Labute approximate surface area is 158 Å². The lowest BCUT2D eigenvalue weighted by atomic mass is 10.1. The number of carbonyl (C=O) groups is 1. The lowest BCUT2D eigenvalue weighted by Gasteiger charge is -2.10. The van der Waals surface area contributed by atoms with E-state index in [4.69, 9.17) is 4.74 Å². The molecule has 138 valence electrons. The zero-order valence-corrected chi connectivity index (χ0v) is 15.2. The number of H-pyrrole nitrogens is 1. The Kier molecular flexibility index (Phi) is 6.05. The monoisotopic (exact) mass is 362 g/mol. The third-order valence-electron chi connectivity index (χ3n) is 4.19. The molecule has 0 radical (unpaired) electrons. The molecule has 3 aromatic rings. The molecule has 0 unspecified atom stereocenters. The number of aromatic amines is 1. The van der Waals surface area contributed by atoms with Crippen LogP contribution in [0, 0.1) is 0 Å². The SMILES string of the molecule is CCOc1ccccc1CCNC(=O)c1ccc(-c2ccccc2)[nH]c1=O. The summed E-state index contributed by atoms with van der Waals surface area (Å²) < 4.78 is 5.59. The van der Waals surface area contributed by atoms with Gasteiger partial charge in [-0.2, -0.15) is 0 Å². The van der Waals surface area contributed by atoms with Crippen molar-refractivity contribution >= 4 is 5.91 Å². The van der Waals surface area contributed by atoms with Crippen molar-refractivity contribution in [3.05, 3.63) is 88.2 Å². The van der Waals surface area contributed by atoms with E-state index in [9.17, 15) is 9.59 Å². The smallest absolute Gasteiger partial charge is 0.261 e. The third-order valence-corrected chi connectivity index (χ3v) is 4.19. The summed E-state index contributed by atoms with van der Waals surface area (Å²) >= 11 is 0. The van der Waals surface area contributed by atoms with Crippen LogP contribution >= 0.6 is 0 Å². The molecule has 3 rings (SSSR count). The van der Waals surface area contributed by atoms with Crippen LogP contribution in [-0.4, -0.2) is 24.0 Å². The molecule has 1 aromatic heterocycles. The zero-order valence-electron chi connectivity index (χ0n) is 15.2. The van der Waals surface area contributed by atoms with Gasteiger partial charge in [0.2, 0.25) is 0 Å². The molecule has 0 saturated heterocycles. The Morgan fingerprint density at radius 2 is 1.74 bits per heavy atom. The van der Waals surface area contributed by atoms with Gasteiger partial charge in [0, 0.05) is 12.2 Å². The molecular formula is C22H22N2O3. The predicted octanol–water partition coefficient (Wildman–Crippen LogP) is 3.41. The van der Waals surface area contributed by atoms with Gasteiger partial charge in [-0.25, -0.2) is 0 Å². The van der Waals surface area contributed by atoms with Crippen LogP contribution < -0.4 is 15.6 Å². The number of amides is 1. The van der Waals surface area contributed by atoms with E-state index in [1.54, 1.807) is 12.1 Å². The second-order valence-electron chi connectivity index (χ2n) is 6.03. The van der Waals surface area contributed by atoms with Crippen LogP contribution in [0.25, 0.3) is 11.3 Å². The Morgan fingerprint density at radius 3 is 2.48 bits per heavy atom. The van der Waals surface area contributed by atoms with Gasteiger partial charge in [0.05, 0.1) is 6.61 Å². The molecule has 0 aliphatic carbocycles. The lowest BCUT2D eigenvalue weighted by Crippen LogP contribution is -2.31. The van der Waals surface area contributed by atoms with Gasteiger partial charge in [-0.15, -0.1) is 0 Å². The summed E-state index contributed by atoms with van der Waals surface area (Å²) in [4.78, 5) is 27.4. The molecule has 0 aliphatic heterocycles. The van der Waals surface area contributed by atoms with Crippen molar-refractivity contribution in [2.24, 2.45) is 0 Å². The van der Waals surface area contributed by atoms with Gasteiger partial charge in [0.25, 0.3) is 11.5 Å². The molecule has 0 fully saturated rings. The molecule has 0 spiro atoms. The van der Waals surface area contributed by atoms with E-state index in [0.29, 0.717) is 25.3 Å². The number of carbonyl (C=O) groups excluding carboxylic acids is 1. The fourth-order valence-electron chi connectivity index (χ4n) is 2.85. The van der Waals surface area contributed by atoms with Crippen molar-refractivity contribution in [3.8, 4) is 17.0 Å². The van der Waals surface area contributed by atoms with E-state index in [0.717, 1.165) is 16.9 Å². The van der Waals surface area contributed by atoms with Crippen molar-refractivity contribution < 1.29 is 9.53 Å². The van der Waals surface area contributed by atoms with Gasteiger partial charge in [0.15, 0.2) is 0 Å². The maximum absolute atomic E-state index is 12.4. The molecule has 1 amide bonds. The molecule has 2 N–H and O–H groups in total. The topological polar surface area (TPSA) is 71.2 Å². The van der Waals surface area contributed by atoms with Crippen LogP contribution in [0.4, 0.5) is 0 Å². The summed E-state index contributed by atoms with van der Waals surface area (Å²) in [7, 11) is 0. The molecular weight excluding hydrogens is 340 g/mol. The molecule has 0 saturated carbocycles. The predicted molar refractivity (Wildman–Crippen MR) is 106 cm³/mol. The van der Waals surface area contributed by atoms with Gasteiger partial charge in [-0.05, 0) is 42.7 Å². The first-order chi connectivity index (χ1) is 13.2. The number of para-hydroxylation sites is 1. The van der Waals surface area contributed by atoms with Gasteiger partial charge >= 0.3 is 0 Å². The van der Waals surface area contributed by atoms with E-state index < -0.39 is 5.56 Å². The fourth-order valence-corrected chi connectivity index (χ4v) is 2.85. The maximum atomic E-state index is 12.4. The van der Waals surface area contributed by atoms with E-state index in [-0.39, 0.29) is 11.5 Å². The van der Waals surface area contributed by atoms with Crippen LogP contribution in [0.5, 0.6) is 5.75 Å². The van der Waals surface area contributed by atoms with Crippen LogP contribution in [0.1, 0.15) is 22.8 Å². The van der Waals surface area contributed by atoms with Gasteiger partial charge in [-0.1, -0.05) is 48.5 Å². The highest BCUT2D eigenvalue weighted by molar-refractivity contribution is 5.94. The molecule has 5 heteroatoms. The van der Waals surface area contributed by atoms with Crippen LogP contribution in [0.2, 0.25) is 0 Å². The Morgan fingerprint density at radius 1 is 1.00 bits per heavy atom. The first-order valence-electron chi connectivity index (χ1n) is 8.96. The largest absolute Gasteiger partial charge is 0.494 e. The quantitative estimate of drug-likeness (QED) is 0.677. The first-order valence-corrected chi connectivity index (χ1v) is 8.96. The lowest BCUT2D eigenvalue weighted by molar-refractivity contribution is 0.0952. The number of nitrogens with one attached hydrogen (secondary N) is 2.